The molecule has 1 aliphatic rings. The Morgan fingerprint density at radius 1 is 0.943 bits per heavy atom. The van der Waals surface area contributed by atoms with E-state index < -0.39 is 10.0 Å². The number of hydrogen-bond donors (Lipinski definition) is 1. The topological polar surface area (TPSA) is 99.5 Å². The summed E-state index contributed by atoms with van der Waals surface area (Å²) >= 11 is 0. The molecule has 0 unspecified atom stereocenters. The highest BCUT2D eigenvalue weighted by Crippen LogP contribution is 2.26. The van der Waals surface area contributed by atoms with Crippen LogP contribution < -0.4 is 10.1 Å². The molecule has 0 radical (unpaired) electrons. The zero-order valence-corrected chi connectivity index (χ0v) is 20.1. The minimum absolute atomic E-state index is 0.0167. The number of amides is 1. The Bertz CT molecular complexity index is 1290. The summed E-state index contributed by atoms with van der Waals surface area (Å²) in [6.45, 7) is 1.37. The lowest BCUT2D eigenvalue weighted by molar-refractivity contribution is -0.126. The van der Waals surface area contributed by atoms with Crippen LogP contribution in [0.25, 0.3) is 0 Å². The van der Waals surface area contributed by atoms with Gasteiger partial charge in [-0.2, -0.15) is 9.57 Å². The molecule has 3 aromatic carbocycles. The zero-order valence-electron chi connectivity index (χ0n) is 19.3. The molecule has 1 fully saturated rings. The fourth-order valence-electron chi connectivity index (χ4n) is 4.05. The van der Waals surface area contributed by atoms with Crippen molar-refractivity contribution in [1.82, 2.24) is 9.62 Å². The lowest BCUT2D eigenvalue weighted by Crippen LogP contribution is -2.43. The first kappa shape index (κ1) is 24.5. The van der Waals surface area contributed by atoms with Crippen LogP contribution in [0.15, 0.2) is 83.8 Å². The number of benzene rings is 3. The molecule has 1 amide bonds. The molecule has 1 N–H and O–H groups in total. The average Bonchev–Trinajstić information content (AvgIpc) is 2.91. The fourth-order valence-corrected chi connectivity index (χ4v) is 5.66. The van der Waals surface area contributed by atoms with E-state index in [1.165, 1.54) is 16.4 Å². The van der Waals surface area contributed by atoms with E-state index in [9.17, 15) is 18.5 Å². The predicted molar refractivity (Wildman–Crippen MR) is 132 cm³/mol. The standard InChI is InChI=1S/C27H27N3O4S/c28-18-24-6-4-5-9-26(24)35(32,33)30-16-14-23(15-17-30)27(31)29-19-21-10-12-22(13-11-21)20-34-25-7-2-1-3-8-25/h1-13,23H,14-17,19-20H2,(H,29,31). The van der Waals surface area contributed by atoms with E-state index in [-0.39, 0.29) is 35.4 Å². The Hall–Kier alpha value is -3.67. The molecule has 7 nitrogen and oxygen atoms in total. The molecule has 0 spiro atoms. The number of sulfonamides is 1. The van der Waals surface area contributed by atoms with Crippen molar-refractivity contribution in [3.05, 3.63) is 95.6 Å². The van der Waals surface area contributed by atoms with Crippen LogP contribution in [-0.2, 0) is 28.0 Å². The number of nitrogens with zero attached hydrogens (tertiary/aromatic N) is 2. The third kappa shape index (κ3) is 6.07. The maximum atomic E-state index is 13.0. The van der Waals surface area contributed by atoms with Crippen molar-refractivity contribution < 1.29 is 17.9 Å². The second-order valence-electron chi connectivity index (χ2n) is 8.42. The van der Waals surface area contributed by atoms with Crippen molar-refractivity contribution >= 4 is 15.9 Å². The molecule has 4 rings (SSSR count). The lowest BCUT2D eigenvalue weighted by Gasteiger charge is -2.30. The van der Waals surface area contributed by atoms with Crippen LogP contribution in [-0.4, -0.2) is 31.7 Å². The predicted octanol–water partition coefficient (Wildman–Crippen LogP) is 3.85. The van der Waals surface area contributed by atoms with Crippen LogP contribution in [0.1, 0.15) is 29.5 Å². The largest absolute Gasteiger partial charge is 0.489 e. The van der Waals surface area contributed by atoms with Crippen molar-refractivity contribution in [1.29, 1.82) is 5.26 Å². The second kappa shape index (κ2) is 11.2. The summed E-state index contributed by atoms with van der Waals surface area (Å²) in [5.74, 6) is 0.499. The number of carbonyl (C=O) groups is 1. The zero-order chi connectivity index (χ0) is 24.7. The van der Waals surface area contributed by atoms with E-state index in [0.717, 1.165) is 16.9 Å². The molecule has 0 atom stereocenters. The summed E-state index contributed by atoms with van der Waals surface area (Å²) in [4.78, 5) is 12.7. The van der Waals surface area contributed by atoms with E-state index in [4.69, 9.17) is 4.74 Å². The molecule has 3 aromatic rings. The molecule has 35 heavy (non-hydrogen) atoms. The molecule has 0 saturated carbocycles. The molecule has 0 bridgehead atoms. The Kier molecular flexibility index (Phi) is 7.80. The van der Waals surface area contributed by atoms with Crippen molar-refractivity contribution in [2.75, 3.05) is 13.1 Å². The SMILES string of the molecule is N#Cc1ccccc1S(=O)(=O)N1CCC(C(=O)NCc2ccc(COc3ccccc3)cc2)CC1. The van der Waals surface area contributed by atoms with Crippen LogP contribution in [0, 0.1) is 17.2 Å². The van der Waals surface area contributed by atoms with Crippen LogP contribution in [0.2, 0.25) is 0 Å². The lowest BCUT2D eigenvalue weighted by atomic mass is 9.97. The van der Waals surface area contributed by atoms with Gasteiger partial charge in [-0.15, -0.1) is 0 Å². The van der Waals surface area contributed by atoms with E-state index in [2.05, 4.69) is 5.32 Å². The number of piperidine rings is 1. The minimum Gasteiger partial charge on any atom is -0.489 e. The highest BCUT2D eigenvalue weighted by molar-refractivity contribution is 7.89. The quantitative estimate of drug-likeness (QED) is 0.518. The first-order chi connectivity index (χ1) is 17.0. The van der Waals surface area contributed by atoms with E-state index in [1.54, 1.807) is 12.1 Å². The number of ether oxygens (including phenoxy) is 1. The molecular formula is C27H27N3O4S. The average molecular weight is 490 g/mol. The third-order valence-corrected chi connectivity index (χ3v) is 8.05. The van der Waals surface area contributed by atoms with Gasteiger partial charge in [0.2, 0.25) is 15.9 Å². The summed E-state index contributed by atoms with van der Waals surface area (Å²) in [5, 5.41) is 12.2. The van der Waals surface area contributed by atoms with Gasteiger partial charge in [-0.3, -0.25) is 4.79 Å². The summed E-state index contributed by atoms with van der Waals surface area (Å²) in [6.07, 6.45) is 0.880. The van der Waals surface area contributed by atoms with Gasteiger partial charge in [-0.25, -0.2) is 8.42 Å². The van der Waals surface area contributed by atoms with Crippen molar-refractivity contribution in [3.63, 3.8) is 0 Å². The molecule has 0 aromatic heterocycles. The van der Waals surface area contributed by atoms with Gasteiger partial charge >= 0.3 is 0 Å². The Morgan fingerprint density at radius 2 is 1.57 bits per heavy atom. The van der Waals surface area contributed by atoms with E-state index in [0.29, 0.717) is 26.0 Å². The maximum absolute atomic E-state index is 13.0. The summed E-state index contributed by atoms with van der Waals surface area (Å²) < 4.78 is 33.1. The van der Waals surface area contributed by atoms with Gasteiger partial charge < -0.3 is 10.1 Å². The number of para-hydroxylation sites is 1. The van der Waals surface area contributed by atoms with Gasteiger partial charge in [-0.05, 0) is 48.2 Å². The first-order valence-corrected chi connectivity index (χ1v) is 12.9. The first-order valence-electron chi connectivity index (χ1n) is 11.5. The second-order valence-corrected chi connectivity index (χ2v) is 10.3. The van der Waals surface area contributed by atoms with Gasteiger partial charge in [0.25, 0.3) is 0 Å². The molecule has 0 aliphatic carbocycles. The highest BCUT2D eigenvalue weighted by Gasteiger charge is 2.33. The van der Waals surface area contributed by atoms with Crippen LogP contribution in [0.5, 0.6) is 5.75 Å². The van der Waals surface area contributed by atoms with Gasteiger partial charge in [0.05, 0.1) is 10.5 Å². The van der Waals surface area contributed by atoms with E-state index in [1.807, 2.05) is 60.7 Å². The molecule has 1 saturated heterocycles. The Morgan fingerprint density at radius 3 is 2.26 bits per heavy atom. The monoisotopic (exact) mass is 489 g/mol. The number of nitrogens with one attached hydrogen (secondary N) is 1. The molecule has 1 heterocycles. The summed E-state index contributed by atoms with van der Waals surface area (Å²) in [7, 11) is -3.77. The Labute approximate surface area is 206 Å². The van der Waals surface area contributed by atoms with Gasteiger partial charge in [0.1, 0.15) is 18.4 Å². The molecular weight excluding hydrogens is 462 g/mol. The minimum atomic E-state index is -3.77. The van der Waals surface area contributed by atoms with Crippen molar-refractivity contribution in [2.45, 2.75) is 30.9 Å². The molecule has 1 aliphatic heterocycles. The molecule has 180 valence electrons. The fraction of sp³-hybridized carbons (Fsp3) is 0.259. The van der Waals surface area contributed by atoms with Crippen LogP contribution >= 0.6 is 0 Å². The number of hydrogen-bond acceptors (Lipinski definition) is 5. The van der Waals surface area contributed by atoms with Crippen molar-refractivity contribution in [2.24, 2.45) is 5.92 Å². The van der Waals surface area contributed by atoms with Crippen LogP contribution in [0.4, 0.5) is 0 Å². The van der Waals surface area contributed by atoms with Gasteiger partial charge in [0, 0.05) is 25.6 Å². The normalized spacial score (nSPS) is 14.7. The van der Waals surface area contributed by atoms with Crippen molar-refractivity contribution in [3.8, 4) is 11.8 Å². The van der Waals surface area contributed by atoms with Crippen LogP contribution in [0.3, 0.4) is 0 Å². The number of nitriles is 1. The third-order valence-electron chi connectivity index (χ3n) is 6.09. The smallest absolute Gasteiger partial charge is 0.244 e. The highest BCUT2D eigenvalue weighted by atomic mass is 32.2. The summed E-state index contributed by atoms with van der Waals surface area (Å²) in [6, 6.07) is 25.6. The van der Waals surface area contributed by atoms with Gasteiger partial charge in [-0.1, -0.05) is 54.6 Å². The number of rotatable bonds is 8. The summed E-state index contributed by atoms with van der Waals surface area (Å²) in [5.41, 5.74) is 2.15. The number of carbonyl (C=O) groups excluding carboxylic acids is 1. The van der Waals surface area contributed by atoms with Gasteiger partial charge in [0.15, 0.2) is 0 Å². The maximum Gasteiger partial charge on any atom is 0.244 e. The Balaban J connectivity index is 1.25. The van der Waals surface area contributed by atoms with E-state index >= 15 is 0 Å². The molecule has 8 heteroatoms.